The summed E-state index contributed by atoms with van der Waals surface area (Å²) < 4.78 is -0.756. The number of carbonyl (C=O) groups excluding carboxylic acids is 2. The minimum absolute atomic E-state index is 0.154. The van der Waals surface area contributed by atoms with Crippen molar-refractivity contribution in [3.05, 3.63) is 35.9 Å². The summed E-state index contributed by atoms with van der Waals surface area (Å²) in [5, 5.41) is 0. The highest BCUT2D eigenvalue weighted by Gasteiger charge is 2.42. The summed E-state index contributed by atoms with van der Waals surface area (Å²) in [4.78, 5) is 23.9. The van der Waals surface area contributed by atoms with Crippen LogP contribution in [-0.4, -0.2) is 19.2 Å². The number of carbonyl (C=O) groups is 2. The van der Waals surface area contributed by atoms with Crippen molar-refractivity contribution in [1.29, 1.82) is 0 Å². The number of benzene rings is 1. The van der Waals surface area contributed by atoms with Gasteiger partial charge in [-0.15, -0.1) is 0 Å². The van der Waals surface area contributed by atoms with Gasteiger partial charge in [0.05, 0.1) is 5.92 Å². The van der Waals surface area contributed by atoms with E-state index in [1.165, 1.54) is 0 Å². The Morgan fingerprint density at radius 1 is 1.21 bits per heavy atom. The highest BCUT2D eigenvalue weighted by Crippen LogP contribution is 2.44. The van der Waals surface area contributed by atoms with Gasteiger partial charge < -0.3 is 0 Å². The van der Waals surface area contributed by atoms with Gasteiger partial charge in [-0.1, -0.05) is 65.1 Å². The number of amides is 2. The molecule has 2 rings (SSSR count). The zero-order valence-electron chi connectivity index (χ0n) is 9.68. The predicted octanol–water partition coefficient (Wildman–Crippen LogP) is 3.58. The maximum Gasteiger partial charge on any atom is 0.256 e. The average Bonchev–Trinajstić information content (AvgIpc) is 2.57. The summed E-state index contributed by atoms with van der Waals surface area (Å²) in [7, 11) is 0. The molecule has 0 aliphatic carbocycles. The van der Waals surface area contributed by atoms with Gasteiger partial charge in [0.15, 0.2) is 0 Å². The van der Waals surface area contributed by atoms with E-state index >= 15 is 0 Å². The third-order valence-corrected chi connectivity index (χ3v) is 4.11. The first-order valence-corrected chi connectivity index (χ1v) is 7.44. The van der Waals surface area contributed by atoms with Crippen molar-refractivity contribution in [3.63, 3.8) is 0 Å². The van der Waals surface area contributed by atoms with E-state index in [1.54, 1.807) is 0 Å². The molecule has 0 radical (unpaired) electrons. The Labute approximate surface area is 130 Å². The lowest BCUT2D eigenvalue weighted by Crippen LogP contribution is -2.27. The van der Waals surface area contributed by atoms with Crippen LogP contribution in [0.5, 0.6) is 0 Å². The Balaban J connectivity index is 2.06. The van der Waals surface area contributed by atoms with Gasteiger partial charge >= 0.3 is 0 Å². The van der Waals surface area contributed by atoms with Crippen LogP contribution < -0.4 is 0 Å². The van der Waals surface area contributed by atoms with Gasteiger partial charge in [-0.05, 0) is 12.0 Å². The number of halogens is 3. The third-order valence-electron chi connectivity index (χ3n) is 2.72. The SMILES string of the molecule is O=C1CC(Cc2ccccc2)C(=O)N1SC(Cl)(Cl)Cl. The van der Waals surface area contributed by atoms with Crippen molar-refractivity contribution in [2.75, 3.05) is 0 Å². The van der Waals surface area contributed by atoms with Crippen LogP contribution in [0.1, 0.15) is 12.0 Å². The van der Waals surface area contributed by atoms with Gasteiger partial charge in [0, 0.05) is 18.4 Å². The van der Waals surface area contributed by atoms with Crippen molar-refractivity contribution in [2.24, 2.45) is 5.92 Å². The molecule has 1 aromatic rings. The number of hydrogen-bond donors (Lipinski definition) is 0. The van der Waals surface area contributed by atoms with Crippen LogP contribution in [-0.2, 0) is 16.0 Å². The van der Waals surface area contributed by atoms with E-state index < -0.39 is 3.12 Å². The molecule has 1 heterocycles. The van der Waals surface area contributed by atoms with Gasteiger partial charge in [-0.3, -0.25) is 9.59 Å². The summed E-state index contributed by atoms with van der Waals surface area (Å²) in [6, 6.07) is 9.52. The Morgan fingerprint density at radius 3 is 2.42 bits per heavy atom. The molecule has 0 bridgehead atoms. The number of alkyl halides is 3. The van der Waals surface area contributed by atoms with E-state index in [9.17, 15) is 9.59 Å². The molecule has 0 N–H and O–H groups in total. The molecule has 7 heteroatoms. The van der Waals surface area contributed by atoms with Crippen LogP contribution in [0.3, 0.4) is 0 Å². The van der Waals surface area contributed by atoms with Gasteiger partial charge in [0.1, 0.15) is 0 Å². The smallest absolute Gasteiger partial charge is 0.256 e. The molecule has 102 valence electrons. The minimum atomic E-state index is -1.72. The summed E-state index contributed by atoms with van der Waals surface area (Å²) in [5.74, 6) is -0.998. The molecule has 1 fully saturated rings. The number of hydrogen-bond acceptors (Lipinski definition) is 3. The van der Waals surface area contributed by atoms with Crippen LogP contribution in [0.25, 0.3) is 0 Å². The molecule has 1 aliphatic rings. The second kappa shape index (κ2) is 5.92. The van der Waals surface area contributed by atoms with Gasteiger partial charge in [-0.2, -0.15) is 0 Å². The van der Waals surface area contributed by atoms with Crippen LogP contribution in [0.2, 0.25) is 0 Å². The van der Waals surface area contributed by atoms with Crippen molar-refractivity contribution < 1.29 is 9.59 Å². The molecular formula is C12H10Cl3NO2S. The Kier molecular flexibility index (Phi) is 4.66. The topological polar surface area (TPSA) is 37.4 Å². The standard InChI is InChI=1S/C12H10Cl3NO2S/c13-12(14,15)19-16-10(17)7-9(11(16)18)6-8-4-2-1-3-5-8/h1-5,9H,6-7H2. The fourth-order valence-electron chi connectivity index (χ4n) is 1.93. The van der Waals surface area contributed by atoms with Crippen molar-refractivity contribution in [1.82, 2.24) is 4.31 Å². The largest absolute Gasteiger partial charge is 0.273 e. The number of nitrogens with zero attached hydrogens (tertiary/aromatic N) is 1. The maximum atomic E-state index is 12.1. The average molecular weight is 339 g/mol. The van der Waals surface area contributed by atoms with E-state index in [4.69, 9.17) is 34.8 Å². The summed E-state index contributed by atoms with van der Waals surface area (Å²) in [6.45, 7) is 0. The predicted molar refractivity (Wildman–Crippen MR) is 78.0 cm³/mol. The highest BCUT2D eigenvalue weighted by atomic mass is 35.6. The van der Waals surface area contributed by atoms with Crippen molar-refractivity contribution >= 4 is 58.6 Å². The Bertz CT molecular complexity index is 489. The zero-order valence-corrected chi connectivity index (χ0v) is 12.8. The molecule has 1 aliphatic heterocycles. The van der Waals surface area contributed by atoms with E-state index in [0.717, 1.165) is 9.87 Å². The Morgan fingerprint density at radius 2 is 1.84 bits per heavy atom. The molecule has 19 heavy (non-hydrogen) atoms. The number of imide groups is 1. The van der Waals surface area contributed by atoms with E-state index in [1.807, 2.05) is 30.3 Å². The normalized spacial score (nSPS) is 20.2. The second-order valence-corrected chi connectivity index (χ2v) is 8.27. The maximum absolute atomic E-state index is 12.1. The summed E-state index contributed by atoms with van der Waals surface area (Å²) in [5.41, 5.74) is 1.01. The van der Waals surface area contributed by atoms with Crippen molar-refractivity contribution in [2.45, 2.75) is 16.0 Å². The summed E-state index contributed by atoms with van der Waals surface area (Å²) >= 11 is 17.4. The summed E-state index contributed by atoms with van der Waals surface area (Å²) in [6.07, 6.45) is 0.670. The van der Waals surface area contributed by atoms with Crippen molar-refractivity contribution in [3.8, 4) is 0 Å². The zero-order chi connectivity index (χ0) is 14.0. The molecular weight excluding hydrogens is 329 g/mol. The molecule has 1 aromatic carbocycles. The number of rotatable bonds is 3. The monoisotopic (exact) mass is 337 g/mol. The first-order valence-electron chi connectivity index (χ1n) is 5.53. The van der Waals surface area contributed by atoms with Crippen LogP contribution in [0, 0.1) is 5.92 Å². The van der Waals surface area contributed by atoms with Gasteiger partial charge in [0.25, 0.3) is 3.12 Å². The first kappa shape index (κ1) is 15.0. The lowest BCUT2D eigenvalue weighted by atomic mass is 9.98. The van der Waals surface area contributed by atoms with Crippen LogP contribution >= 0.6 is 46.8 Å². The van der Waals surface area contributed by atoms with E-state index in [-0.39, 0.29) is 24.2 Å². The third kappa shape index (κ3) is 4.02. The molecule has 1 atom stereocenters. The molecule has 3 nitrogen and oxygen atoms in total. The van der Waals surface area contributed by atoms with Gasteiger partial charge in [0.2, 0.25) is 11.8 Å². The molecule has 2 amide bonds. The first-order chi connectivity index (χ1) is 8.87. The highest BCUT2D eigenvalue weighted by molar-refractivity contribution is 8.03. The molecule has 1 unspecified atom stereocenters. The molecule has 0 aromatic heterocycles. The quantitative estimate of drug-likeness (QED) is 0.480. The van der Waals surface area contributed by atoms with E-state index in [0.29, 0.717) is 18.4 Å². The van der Waals surface area contributed by atoms with Gasteiger partial charge in [-0.25, -0.2) is 4.31 Å². The minimum Gasteiger partial charge on any atom is -0.273 e. The van der Waals surface area contributed by atoms with Crippen LogP contribution in [0.15, 0.2) is 30.3 Å². The molecule has 0 spiro atoms. The van der Waals surface area contributed by atoms with E-state index in [2.05, 4.69) is 0 Å². The fraction of sp³-hybridized carbons (Fsp3) is 0.333. The molecule has 1 saturated heterocycles. The second-order valence-electron chi connectivity index (χ2n) is 4.15. The Hall–Kier alpha value is -0.420. The molecule has 0 saturated carbocycles. The fourth-order valence-corrected chi connectivity index (χ4v) is 3.17. The lowest BCUT2D eigenvalue weighted by molar-refractivity contribution is -0.132. The lowest BCUT2D eigenvalue weighted by Gasteiger charge is -2.18. The van der Waals surface area contributed by atoms with Crippen LogP contribution in [0.4, 0.5) is 0 Å².